The number of aliphatic hydroxyl groups is 1. The third-order valence-corrected chi connectivity index (χ3v) is 2.73. The Bertz CT molecular complexity index is 537. The lowest BCUT2D eigenvalue weighted by atomic mass is 10.1. The number of aromatic nitrogens is 2. The van der Waals surface area contributed by atoms with Gasteiger partial charge in [-0.3, -0.25) is 0 Å². The number of aromatic amines is 1. The quantitative estimate of drug-likeness (QED) is 0.883. The molecule has 0 spiro atoms. The van der Waals surface area contributed by atoms with E-state index in [4.69, 9.17) is 21.4 Å². The van der Waals surface area contributed by atoms with E-state index in [-0.39, 0.29) is 6.61 Å². The summed E-state index contributed by atoms with van der Waals surface area (Å²) in [6.07, 6.45) is 1.65. The second kappa shape index (κ2) is 4.77. The van der Waals surface area contributed by atoms with Crippen LogP contribution < -0.4 is 4.74 Å². The molecule has 0 bridgehead atoms. The number of hydrogen-bond acceptors (Lipinski definition) is 3. The first-order valence-electron chi connectivity index (χ1n) is 5.15. The molecule has 2 rings (SSSR count). The van der Waals surface area contributed by atoms with Crippen LogP contribution in [0.15, 0.2) is 18.3 Å². The van der Waals surface area contributed by atoms with Crippen LogP contribution in [0.1, 0.15) is 11.4 Å². The van der Waals surface area contributed by atoms with Gasteiger partial charge in [-0.2, -0.15) is 0 Å². The average molecular weight is 253 g/mol. The Balaban J connectivity index is 2.57. The predicted molar refractivity (Wildman–Crippen MR) is 66.2 cm³/mol. The Morgan fingerprint density at radius 3 is 2.82 bits per heavy atom. The number of nitrogens with one attached hydrogen (secondary N) is 1. The van der Waals surface area contributed by atoms with E-state index in [2.05, 4.69) is 9.97 Å². The monoisotopic (exact) mass is 252 g/mol. The molecule has 0 aliphatic carbocycles. The van der Waals surface area contributed by atoms with Crippen molar-refractivity contribution in [3.8, 4) is 17.0 Å². The largest absolute Gasteiger partial charge is 0.496 e. The summed E-state index contributed by atoms with van der Waals surface area (Å²) in [5.41, 5.74) is 2.57. The molecule has 0 radical (unpaired) electrons. The van der Waals surface area contributed by atoms with Gasteiger partial charge in [0.2, 0.25) is 0 Å². The van der Waals surface area contributed by atoms with Crippen LogP contribution in [0.3, 0.4) is 0 Å². The summed E-state index contributed by atoms with van der Waals surface area (Å²) in [6.45, 7) is 1.80. The van der Waals surface area contributed by atoms with Crippen LogP contribution in [0.25, 0.3) is 11.3 Å². The van der Waals surface area contributed by atoms with Gasteiger partial charge in [0.15, 0.2) is 0 Å². The summed E-state index contributed by atoms with van der Waals surface area (Å²) in [7, 11) is 1.61. The van der Waals surface area contributed by atoms with Crippen LogP contribution in [0.4, 0.5) is 0 Å². The molecule has 17 heavy (non-hydrogen) atoms. The molecule has 0 aliphatic rings. The molecule has 2 aromatic rings. The zero-order chi connectivity index (χ0) is 12.4. The number of H-pyrrole nitrogens is 1. The van der Waals surface area contributed by atoms with Gasteiger partial charge in [-0.1, -0.05) is 11.6 Å². The maximum Gasteiger partial charge on any atom is 0.132 e. The van der Waals surface area contributed by atoms with E-state index in [1.54, 1.807) is 13.3 Å². The topological polar surface area (TPSA) is 58.1 Å². The van der Waals surface area contributed by atoms with Crippen molar-refractivity contribution in [3.05, 3.63) is 34.7 Å². The molecule has 0 unspecified atom stereocenters. The Morgan fingerprint density at radius 1 is 1.47 bits per heavy atom. The number of benzene rings is 1. The minimum atomic E-state index is -0.123. The average Bonchev–Trinajstić information content (AvgIpc) is 2.76. The summed E-state index contributed by atoms with van der Waals surface area (Å²) in [5, 5.41) is 9.62. The molecule has 1 aromatic carbocycles. The Labute approximate surface area is 104 Å². The summed E-state index contributed by atoms with van der Waals surface area (Å²) in [5.74, 6) is 1.27. The van der Waals surface area contributed by atoms with Gasteiger partial charge >= 0.3 is 0 Å². The van der Waals surface area contributed by atoms with Crippen molar-refractivity contribution in [2.24, 2.45) is 0 Å². The number of imidazole rings is 1. The lowest BCUT2D eigenvalue weighted by Gasteiger charge is -2.10. The van der Waals surface area contributed by atoms with E-state index in [0.29, 0.717) is 10.8 Å². The van der Waals surface area contributed by atoms with Crippen LogP contribution >= 0.6 is 11.6 Å². The minimum absolute atomic E-state index is 0.123. The number of methoxy groups -OCH3 is 1. The number of rotatable bonds is 3. The van der Waals surface area contributed by atoms with E-state index >= 15 is 0 Å². The van der Waals surface area contributed by atoms with Gasteiger partial charge in [-0.15, -0.1) is 0 Å². The van der Waals surface area contributed by atoms with Crippen molar-refractivity contribution in [1.82, 2.24) is 9.97 Å². The van der Waals surface area contributed by atoms with Crippen LogP contribution in [-0.4, -0.2) is 22.2 Å². The molecular formula is C12H13ClN2O2. The highest BCUT2D eigenvalue weighted by atomic mass is 35.5. The first kappa shape index (κ1) is 12.0. The highest BCUT2D eigenvalue weighted by molar-refractivity contribution is 6.31. The molecule has 5 heteroatoms. The highest BCUT2D eigenvalue weighted by Crippen LogP contribution is 2.34. The highest BCUT2D eigenvalue weighted by Gasteiger charge is 2.12. The van der Waals surface area contributed by atoms with Crippen LogP contribution in [0, 0.1) is 6.92 Å². The molecule has 1 heterocycles. The number of aryl methyl sites for hydroxylation is 1. The number of aliphatic hydroxyl groups excluding tert-OH is 1. The second-order valence-electron chi connectivity index (χ2n) is 3.71. The fourth-order valence-corrected chi connectivity index (χ4v) is 2.05. The first-order chi connectivity index (χ1) is 8.15. The smallest absolute Gasteiger partial charge is 0.132 e. The molecule has 0 saturated heterocycles. The van der Waals surface area contributed by atoms with Gasteiger partial charge < -0.3 is 14.8 Å². The zero-order valence-corrected chi connectivity index (χ0v) is 10.4. The minimum Gasteiger partial charge on any atom is -0.496 e. The molecule has 0 atom stereocenters. The van der Waals surface area contributed by atoms with E-state index in [9.17, 15) is 0 Å². The van der Waals surface area contributed by atoms with E-state index < -0.39 is 0 Å². The summed E-state index contributed by atoms with van der Waals surface area (Å²) in [4.78, 5) is 7.05. The Hall–Kier alpha value is -1.52. The summed E-state index contributed by atoms with van der Waals surface area (Å²) in [6, 6.07) is 3.65. The van der Waals surface area contributed by atoms with Crippen molar-refractivity contribution in [1.29, 1.82) is 0 Å². The third-order valence-electron chi connectivity index (χ3n) is 2.51. The fourth-order valence-electron chi connectivity index (χ4n) is 1.78. The molecule has 0 aliphatic heterocycles. The molecule has 1 aromatic heterocycles. The Kier molecular flexibility index (Phi) is 3.36. The summed E-state index contributed by atoms with van der Waals surface area (Å²) < 4.78 is 5.36. The number of ether oxygens (including phenoxy) is 1. The van der Waals surface area contributed by atoms with Gasteiger partial charge in [-0.05, 0) is 24.6 Å². The van der Waals surface area contributed by atoms with Crippen molar-refractivity contribution >= 4 is 11.6 Å². The van der Waals surface area contributed by atoms with Crippen LogP contribution in [0.2, 0.25) is 5.02 Å². The number of nitrogens with zero attached hydrogens (tertiary/aromatic N) is 1. The van der Waals surface area contributed by atoms with Crippen molar-refractivity contribution in [3.63, 3.8) is 0 Å². The summed E-state index contributed by atoms with van der Waals surface area (Å²) >= 11 is 6.03. The van der Waals surface area contributed by atoms with E-state index in [0.717, 1.165) is 22.6 Å². The van der Waals surface area contributed by atoms with Gasteiger partial charge in [0.25, 0.3) is 0 Å². The van der Waals surface area contributed by atoms with Gasteiger partial charge in [0, 0.05) is 10.6 Å². The van der Waals surface area contributed by atoms with E-state index in [1.807, 2.05) is 19.1 Å². The molecular weight excluding hydrogens is 240 g/mol. The van der Waals surface area contributed by atoms with Crippen LogP contribution in [-0.2, 0) is 6.61 Å². The van der Waals surface area contributed by atoms with Gasteiger partial charge in [-0.25, -0.2) is 4.98 Å². The maximum atomic E-state index is 8.98. The predicted octanol–water partition coefficient (Wildman–Crippen LogP) is 2.54. The zero-order valence-electron chi connectivity index (χ0n) is 9.62. The normalized spacial score (nSPS) is 10.6. The standard InChI is InChI=1S/C12H13ClN2O2/c1-7-3-8(13)4-9(12(7)17-2)10-5-14-11(6-16)15-10/h3-5,16H,6H2,1-2H3,(H,14,15). The van der Waals surface area contributed by atoms with Crippen molar-refractivity contribution in [2.75, 3.05) is 7.11 Å². The van der Waals surface area contributed by atoms with Gasteiger partial charge in [0.1, 0.15) is 18.2 Å². The third kappa shape index (κ3) is 2.28. The number of halogens is 1. The lowest BCUT2D eigenvalue weighted by molar-refractivity contribution is 0.272. The number of hydrogen-bond donors (Lipinski definition) is 2. The second-order valence-corrected chi connectivity index (χ2v) is 4.14. The van der Waals surface area contributed by atoms with Crippen molar-refractivity contribution in [2.45, 2.75) is 13.5 Å². The molecule has 4 nitrogen and oxygen atoms in total. The molecule has 0 saturated carbocycles. The molecule has 0 fully saturated rings. The van der Waals surface area contributed by atoms with Gasteiger partial charge in [0.05, 0.1) is 19.0 Å². The first-order valence-corrected chi connectivity index (χ1v) is 5.52. The maximum absolute atomic E-state index is 8.98. The van der Waals surface area contributed by atoms with Crippen molar-refractivity contribution < 1.29 is 9.84 Å². The fraction of sp³-hybridized carbons (Fsp3) is 0.250. The SMILES string of the molecule is COc1c(C)cc(Cl)cc1-c1cnc(CO)[nH]1. The van der Waals surface area contributed by atoms with E-state index in [1.165, 1.54) is 0 Å². The Morgan fingerprint density at radius 2 is 2.24 bits per heavy atom. The molecule has 0 amide bonds. The molecule has 90 valence electrons. The molecule has 2 N–H and O–H groups in total. The lowest BCUT2D eigenvalue weighted by Crippen LogP contribution is -1.92. The van der Waals surface area contributed by atoms with Crippen LogP contribution in [0.5, 0.6) is 5.75 Å².